The van der Waals surface area contributed by atoms with E-state index >= 15 is 0 Å². The van der Waals surface area contributed by atoms with Gasteiger partial charge in [0.05, 0.1) is 7.11 Å². The Labute approximate surface area is 166 Å². The average molecular weight is 376 g/mol. The summed E-state index contributed by atoms with van der Waals surface area (Å²) in [5, 5.41) is 4.18. The number of rotatable bonds is 6. The fraction of sp³-hybridized carbons (Fsp3) is 0.167. The summed E-state index contributed by atoms with van der Waals surface area (Å²) in [4.78, 5) is 0. The lowest BCUT2D eigenvalue weighted by molar-refractivity contribution is 0.415. The molecule has 0 aromatic heterocycles. The van der Waals surface area contributed by atoms with Gasteiger partial charge in [0.1, 0.15) is 11.8 Å². The Morgan fingerprint density at radius 3 is 2.33 bits per heavy atom. The molecule has 3 rings (SSSR count). The van der Waals surface area contributed by atoms with Gasteiger partial charge in [-0.05, 0) is 42.3 Å². The van der Waals surface area contributed by atoms with E-state index in [-0.39, 0.29) is 6.04 Å². The summed E-state index contributed by atoms with van der Waals surface area (Å²) >= 11 is 6.41. The molecule has 0 saturated heterocycles. The van der Waals surface area contributed by atoms with Crippen LogP contribution in [-0.4, -0.2) is 7.11 Å². The molecule has 0 radical (unpaired) electrons. The van der Waals surface area contributed by atoms with Crippen molar-refractivity contribution < 1.29 is 4.74 Å². The van der Waals surface area contributed by atoms with Crippen LogP contribution in [0.5, 0.6) is 5.75 Å². The molecule has 0 aliphatic carbocycles. The summed E-state index contributed by atoms with van der Waals surface area (Å²) in [5.41, 5.74) is 3.24. The molecule has 3 heteroatoms. The molecular weight excluding hydrogens is 354 g/mol. The first-order valence-electron chi connectivity index (χ1n) is 8.93. The smallest absolute Gasteiger partial charge is 0.119 e. The Morgan fingerprint density at radius 2 is 1.63 bits per heavy atom. The molecule has 0 saturated carbocycles. The molecule has 0 bridgehead atoms. The molecule has 0 spiro atoms. The molecule has 0 aliphatic heterocycles. The van der Waals surface area contributed by atoms with Crippen molar-refractivity contribution in [1.29, 1.82) is 0 Å². The average Bonchev–Trinajstić information content (AvgIpc) is 2.72. The lowest BCUT2D eigenvalue weighted by atomic mass is 10.1. The van der Waals surface area contributed by atoms with Crippen molar-refractivity contribution in [3.63, 3.8) is 0 Å². The van der Waals surface area contributed by atoms with E-state index in [0.29, 0.717) is 5.02 Å². The van der Waals surface area contributed by atoms with Gasteiger partial charge < -0.3 is 10.1 Å². The van der Waals surface area contributed by atoms with Crippen molar-refractivity contribution in [3.8, 4) is 17.6 Å². The number of benzene rings is 3. The van der Waals surface area contributed by atoms with Gasteiger partial charge in [-0.1, -0.05) is 66.1 Å². The van der Waals surface area contributed by atoms with Crippen LogP contribution in [-0.2, 0) is 6.42 Å². The highest BCUT2D eigenvalue weighted by Gasteiger charge is 2.12. The Hall–Kier alpha value is -2.89. The van der Waals surface area contributed by atoms with Gasteiger partial charge in [-0.25, -0.2) is 0 Å². The molecule has 3 aromatic rings. The van der Waals surface area contributed by atoms with Gasteiger partial charge in [-0.3, -0.25) is 0 Å². The Morgan fingerprint density at radius 1 is 0.926 bits per heavy atom. The maximum Gasteiger partial charge on any atom is 0.119 e. The summed E-state index contributed by atoms with van der Waals surface area (Å²) in [5.74, 6) is 7.48. The molecule has 0 aliphatic rings. The van der Waals surface area contributed by atoms with E-state index in [1.165, 1.54) is 5.56 Å². The van der Waals surface area contributed by atoms with E-state index in [4.69, 9.17) is 16.3 Å². The van der Waals surface area contributed by atoms with Crippen molar-refractivity contribution >= 4 is 17.3 Å². The second-order valence-corrected chi connectivity index (χ2v) is 6.54. The van der Waals surface area contributed by atoms with Crippen LogP contribution in [0.2, 0.25) is 5.02 Å². The van der Waals surface area contributed by atoms with Gasteiger partial charge in [-0.2, -0.15) is 0 Å². The van der Waals surface area contributed by atoms with E-state index in [1.807, 2.05) is 54.6 Å². The van der Waals surface area contributed by atoms with Crippen LogP contribution in [0.1, 0.15) is 23.6 Å². The van der Waals surface area contributed by atoms with E-state index in [9.17, 15) is 0 Å². The number of methoxy groups -OCH3 is 1. The second-order valence-electron chi connectivity index (χ2n) is 6.13. The van der Waals surface area contributed by atoms with E-state index in [1.54, 1.807) is 7.11 Å². The third kappa shape index (κ3) is 5.54. The van der Waals surface area contributed by atoms with Gasteiger partial charge in [0, 0.05) is 22.7 Å². The number of halogens is 1. The highest BCUT2D eigenvalue weighted by molar-refractivity contribution is 6.31. The monoisotopic (exact) mass is 375 g/mol. The van der Waals surface area contributed by atoms with Crippen molar-refractivity contribution in [1.82, 2.24) is 0 Å². The zero-order chi connectivity index (χ0) is 18.9. The SMILES string of the molecule is COc1ccc(N[C@H](C#CCCc2ccccc2)c2ccccc2Cl)cc1. The van der Waals surface area contributed by atoms with Gasteiger partial charge >= 0.3 is 0 Å². The number of nitrogens with one attached hydrogen (secondary N) is 1. The number of aryl methyl sites for hydroxylation is 1. The first-order valence-corrected chi connectivity index (χ1v) is 9.31. The summed E-state index contributed by atoms with van der Waals surface area (Å²) in [6.45, 7) is 0. The predicted octanol–water partition coefficient (Wildman–Crippen LogP) is 6.14. The van der Waals surface area contributed by atoms with Crippen LogP contribution in [0.25, 0.3) is 0 Å². The highest BCUT2D eigenvalue weighted by Crippen LogP contribution is 2.26. The Bertz CT molecular complexity index is 910. The topological polar surface area (TPSA) is 21.3 Å². The van der Waals surface area contributed by atoms with Crippen LogP contribution in [0, 0.1) is 11.8 Å². The highest BCUT2D eigenvalue weighted by atomic mass is 35.5. The molecule has 2 nitrogen and oxygen atoms in total. The molecule has 0 heterocycles. The lowest BCUT2D eigenvalue weighted by Crippen LogP contribution is -2.09. The minimum absolute atomic E-state index is 0.178. The van der Waals surface area contributed by atoms with Gasteiger partial charge in [-0.15, -0.1) is 5.92 Å². The van der Waals surface area contributed by atoms with Crippen LogP contribution in [0.15, 0.2) is 78.9 Å². The van der Waals surface area contributed by atoms with Crippen molar-refractivity contribution in [2.45, 2.75) is 18.9 Å². The van der Waals surface area contributed by atoms with Gasteiger partial charge in [0.15, 0.2) is 0 Å². The molecule has 1 N–H and O–H groups in total. The third-order valence-corrected chi connectivity index (χ3v) is 4.59. The van der Waals surface area contributed by atoms with Crippen LogP contribution < -0.4 is 10.1 Å². The first-order chi connectivity index (χ1) is 13.3. The van der Waals surface area contributed by atoms with Gasteiger partial charge in [0.25, 0.3) is 0 Å². The number of hydrogen-bond acceptors (Lipinski definition) is 2. The maximum absolute atomic E-state index is 6.41. The number of anilines is 1. The largest absolute Gasteiger partial charge is 0.497 e. The molecule has 0 fully saturated rings. The summed E-state index contributed by atoms with van der Waals surface area (Å²) in [6, 6.07) is 25.8. The zero-order valence-electron chi connectivity index (χ0n) is 15.3. The van der Waals surface area contributed by atoms with E-state index in [2.05, 4.69) is 41.4 Å². The molecule has 0 unspecified atom stereocenters. The maximum atomic E-state index is 6.41. The molecule has 3 aromatic carbocycles. The normalized spacial score (nSPS) is 11.2. The summed E-state index contributed by atoms with van der Waals surface area (Å²) < 4.78 is 5.22. The quantitative estimate of drug-likeness (QED) is 0.522. The molecular formula is C24H22ClNO. The lowest BCUT2D eigenvalue weighted by Gasteiger charge is -2.16. The number of ether oxygens (including phenoxy) is 1. The minimum Gasteiger partial charge on any atom is -0.497 e. The standard InChI is InChI=1S/C24H22ClNO/c1-27-21-17-15-20(16-18-21)26-24(22-12-6-7-13-23(22)25)14-8-5-11-19-9-3-2-4-10-19/h2-4,6-7,9-10,12-13,15-18,24,26H,5,11H2,1H3/t24-/m1/s1. The Balaban J connectivity index is 1.75. The van der Waals surface area contributed by atoms with E-state index < -0.39 is 0 Å². The van der Waals surface area contributed by atoms with Crippen LogP contribution >= 0.6 is 11.6 Å². The van der Waals surface area contributed by atoms with Crippen LogP contribution in [0.4, 0.5) is 5.69 Å². The zero-order valence-corrected chi connectivity index (χ0v) is 16.0. The molecule has 0 amide bonds. The molecule has 27 heavy (non-hydrogen) atoms. The van der Waals surface area contributed by atoms with Crippen LogP contribution in [0.3, 0.4) is 0 Å². The third-order valence-electron chi connectivity index (χ3n) is 4.25. The summed E-state index contributed by atoms with van der Waals surface area (Å²) in [7, 11) is 1.66. The van der Waals surface area contributed by atoms with E-state index in [0.717, 1.165) is 29.8 Å². The number of hydrogen-bond donors (Lipinski definition) is 1. The fourth-order valence-electron chi connectivity index (χ4n) is 2.78. The van der Waals surface area contributed by atoms with Crippen molar-refractivity contribution in [2.75, 3.05) is 12.4 Å². The first kappa shape index (κ1) is 18.9. The van der Waals surface area contributed by atoms with Crippen molar-refractivity contribution in [2.24, 2.45) is 0 Å². The molecule has 1 atom stereocenters. The predicted molar refractivity (Wildman–Crippen MR) is 113 cm³/mol. The van der Waals surface area contributed by atoms with Crippen molar-refractivity contribution in [3.05, 3.63) is 95.0 Å². The Kier molecular flexibility index (Phi) is 6.79. The molecule has 136 valence electrons. The van der Waals surface area contributed by atoms with Gasteiger partial charge in [0.2, 0.25) is 0 Å². The minimum atomic E-state index is -0.178. The summed E-state index contributed by atoms with van der Waals surface area (Å²) in [6.07, 6.45) is 1.74. The fourth-order valence-corrected chi connectivity index (χ4v) is 3.03. The second kappa shape index (κ2) is 9.71.